The van der Waals surface area contributed by atoms with E-state index in [0.717, 1.165) is 17.5 Å². The summed E-state index contributed by atoms with van der Waals surface area (Å²) in [7, 11) is 0. The molecule has 4 fully saturated rings. The van der Waals surface area contributed by atoms with Gasteiger partial charge in [0.25, 0.3) is 0 Å². The highest BCUT2D eigenvalue weighted by molar-refractivity contribution is 7.10. The Morgan fingerprint density at radius 1 is 1.20 bits per heavy atom. The van der Waals surface area contributed by atoms with Gasteiger partial charge in [-0.2, -0.15) is 0 Å². The minimum atomic E-state index is 0.402. The van der Waals surface area contributed by atoms with Crippen LogP contribution < -0.4 is 5.32 Å². The fraction of sp³-hybridized carbons (Fsp3) is 0.765. The quantitative estimate of drug-likeness (QED) is 0.805. The average Bonchev–Trinajstić information content (AvgIpc) is 2.68. The summed E-state index contributed by atoms with van der Waals surface area (Å²) in [6.45, 7) is 6.07. The molecule has 4 saturated carbocycles. The number of hydrogen-bond acceptors (Lipinski definition) is 2. The van der Waals surface area contributed by atoms with Gasteiger partial charge in [-0.15, -0.1) is 11.3 Å². The van der Waals surface area contributed by atoms with Crippen LogP contribution in [-0.2, 0) is 6.54 Å². The highest BCUT2D eigenvalue weighted by Gasteiger charge is 2.59. The molecule has 2 atom stereocenters. The van der Waals surface area contributed by atoms with Crippen LogP contribution in [-0.4, -0.2) is 5.54 Å². The van der Waals surface area contributed by atoms with E-state index in [2.05, 4.69) is 25.2 Å². The lowest BCUT2D eigenvalue weighted by atomic mass is 9.43. The van der Waals surface area contributed by atoms with Gasteiger partial charge in [0.2, 0.25) is 0 Å². The highest BCUT2D eigenvalue weighted by Crippen LogP contribution is 2.66. The summed E-state index contributed by atoms with van der Waals surface area (Å²) in [5.74, 6) is 0.959. The van der Waals surface area contributed by atoms with Crippen molar-refractivity contribution in [2.75, 3.05) is 0 Å². The van der Waals surface area contributed by atoms with Gasteiger partial charge in [-0.05, 0) is 61.3 Å². The van der Waals surface area contributed by atoms with Crippen LogP contribution in [0.25, 0.3) is 0 Å². The van der Waals surface area contributed by atoms with Crippen LogP contribution in [0, 0.1) is 16.7 Å². The molecule has 0 aliphatic heterocycles. The molecule has 2 unspecified atom stereocenters. The predicted molar refractivity (Wildman–Crippen MR) is 86.3 cm³/mol. The number of nitrogens with one attached hydrogen (secondary N) is 1. The van der Waals surface area contributed by atoms with Gasteiger partial charge in [0, 0.05) is 22.3 Å². The second-order valence-electron chi connectivity index (χ2n) is 8.50. The molecule has 20 heavy (non-hydrogen) atoms. The molecule has 0 aromatic carbocycles. The Hall–Kier alpha value is -0.0500. The smallest absolute Gasteiger partial charge is 0.0516 e. The Labute approximate surface area is 131 Å². The Bertz CT molecular complexity index is 519. The summed E-state index contributed by atoms with van der Waals surface area (Å²) in [5, 5.41) is 6.89. The summed E-state index contributed by atoms with van der Waals surface area (Å²) in [5.41, 5.74) is 1.59. The Kier molecular flexibility index (Phi) is 2.88. The zero-order chi connectivity index (χ0) is 14.0. The molecule has 5 rings (SSSR count). The molecule has 4 aliphatic carbocycles. The van der Waals surface area contributed by atoms with Crippen LogP contribution in [0.4, 0.5) is 0 Å². The summed E-state index contributed by atoms with van der Waals surface area (Å²) in [4.78, 5) is 1.38. The minimum absolute atomic E-state index is 0.402. The van der Waals surface area contributed by atoms with Crippen molar-refractivity contribution in [1.29, 1.82) is 0 Å². The molecule has 1 aromatic rings. The number of halogens is 1. The van der Waals surface area contributed by atoms with Crippen LogP contribution in [0.2, 0.25) is 5.02 Å². The van der Waals surface area contributed by atoms with E-state index in [1.165, 1.54) is 43.4 Å². The van der Waals surface area contributed by atoms with Gasteiger partial charge in [0.1, 0.15) is 0 Å². The molecule has 3 heteroatoms. The maximum atomic E-state index is 6.04. The van der Waals surface area contributed by atoms with Gasteiger partial charge in [0.15, 0.2) is 0 Å². The van der Waals surface area contributed by atoms with Crippen molar-refractivity contribution >= 4 is 22.9 Å². The van der Waals surface area contributed by atoms with Crippen molar-refractivity contribution in [1.82, 2.24) is 5.32 Å². The largest absolute Gasteiger partial charge is 0.306 e. The molecule has 0 saturated heterocycles. The monoisotopic (exact) mass is 309 g/mol. The molecular formula is C17H24ClNS. The topological polar surface area (TPSA) is 12.0 Å². The van der Waals surface area contributed by atoms with E-state index in [1.54, 1.807) is 11.3 Å². The van der Waals surface area contributed by atoms with Crippen LogP contribution >= 0.6 is 22.9 Å². The van der Waals surface area contributed by atoms with Gasteiger partial charge < -0.3 is 5.32 Å². The van der Waals surface area contributed by atoms with Gasteiger partial charge in [-0.1, -0.05) is 25.4 Å². The lowest BCUT2D eigenvalue weighted by Gasteiger charge is -2.65. The van der Waals surface area contributed by atoms with Crippen LogP contribution in [0.3, 0.4) is 0 Å². The highest BCUT2D eigenvalue weighted by atomic mass is 35.5. The summed E-state index contributed by atoms with van der Waals surface area (Å²) in [6.07, 6.45) is 8.55. The summed E-state index contributed by atoms with van der Waals surface area (Å²) >= 11 is 7.82. The van der Waals surface area contributed by atoms with Gasteiger partial charge in [-0.25, -0.2) is 0 Å². The minimum Gasteiger partial charge on any atom is -0.306 e. The van der Waals surface area contributed by atoms with Crippen LogP contribution in [0.1, 0.15) is 57.2 Å². The SMILES string of the molecule is CC12CC3CC(C)(C1)CC(NCc1cc(Cl)cs1)(C3)C2. The fourth-order valence-electron chi connectivity index (χ4n) is 6.37. The first kappa shape index (κ1) is 13.6. The molecule has 1 nitrogen and oxygen atoms in total. The van der Waals surface area contributed by atoms with Crippen molar-refractivity contribution < 1.29 is 0 Å². The summed E-state index contributed by atoms with van der Waals surface area (Å²) < 4.78 is 0. The Morgan fingerprint density at radius 2 is 1.90 bits per heavy atom. The second kappa shape index (κ2) is 4.24. The molecule has 110 valence electrons. The standard InChI is InChI=1S/C17H24ClNS/c1-15-4-12-5-16(2,9-15)11-17(6-12,10-15)19-7-14-3-13(18)8-20-14/h3,8,12,19H,4-7,9-11H2,1-2H3. The average molecular weight is 310 g/mol. The van der Waals surface area contributed by atoms with Crippen LogP contribution in [0.5, 0.6) is 0 Å². The fourth-order valence-corrected chi connectivity index (χ4v) is 7.38. The lowest BCUT2D eigenvalue weighted by molar-refractivity contribution is -0.118. The molecule has 0 radical (unpaired) electrons. The third-order valence-electron chi connectivity index (χ3n) is 5.89. The lowest BCUT2D eigenvalue weighted by Crippen LogP contribution is -2.63. The van der Waals surface area contributed by atoms with Crippen molar-refractivity contribution in [3.63, 3.8) is 0 Å². The summed E-state index contributed by atoms with van der Waals surface area (Å²) in [6, 6.07) is 2.11. The number of thiophene rings is 1. The zero-order valence-electron chi connectivity index (χ0n) is 12.5. The third-order valence-corrected chi connectivity index (χ3v) is 7.17. The second-order valence-corrected chi connectivity index (χ2v) is 9.93. The number of rotatable bonds is 3. The van der Waals surface area contributed by atoms with Crippen molar-refractivity contribution in [3.8, 4) is 0 Å². The maximum absolute atomic E-state index is 6.04. The number of hydrogen-bond donors (Lipinski definition) is 1. The van der Waals surface area contributed by atoms with E-state index >= 15 is 0 Å². The zero-order valence-corrected chi connectivity index (χ0v) is 14.0. The van der Waals surface area contributed by atoms with Crippen molar-refractivity contribution in [2.45, 2.75) is 64.5 Å². The van der Waals surface area contributed by atoms with Gasteiger partial charge >= 0.3 is 0 Å². The van der Waals surface area contributed by atoms with Gasteiger partial charge in [0.05, 0.1) is 5.02 Å². The van der Waals surface area contributed by atoms with E-state index in [0.29, 0.717) is 16.4 Å². The molecule has 4 aliphatic rings. The maximum Gasteiger partial charge on any atom is 0.0516 e. The molecule has 4 bridgehead atoms. The van der Waals surface area contributed by atoms with E-state index in [-0.39, 0.29) is 0 Å². The molecule has 1 N–H and O–H groups in total. The first-order chi connectivity index (χ1) is 9.38. The normalized spacial score (nSPS) is 46.0. The first-order valence-corrected chi connectivity index (χ1v) is 9.12. The first-order valence-electron chi connectivity index (χ1n) is 7.86. The van der Waals surface area contributed by atoms with E-state index in [9.17, 15) is 0 Å². The molecule has 0 spiro atoms. The molecular weight excluding hydrogens is 286 g/mol. The predicted octanol–water partition coefficient (Wildman–Crippen LogP) is 5.24. The van der Waals surface area contributed by atoms with Crippen LogP contribution in [0.15, 0.2) is 11.4 Å². The Balaban J connectivity index is 1.55. The van der Waals surface area contributed by atoms with E-state index in [4.69, 9.17) is 11.6 Å². The van der Waals surface area contributed by atoms with E-state index < -0.39 is 0 Å². The molecule has 1 heterocycles. The van der Waals surface area contributed by atoms with E-state index in [1.807, 2.05) is 5.38 Å². The molecule has 1 aromatic heterocycles. The molecule has 0 amide bonds. The van der Waals surface area contributed by atoms with Gasteiger partial charge in [-0.3, -0.25) is 0 Å². The van der Waals surface area contributed by atoms with Crippen molar-refractivity contribution in [3.05, 3.63) is 21.3 Å². The third kappa shape index (κ3) is 2.24. The van der Waals surface area contributed by atoms with Crippen molar-refractivity contribution in [2.24, 2.45) is 16.7 Å². The Morgan fingerprint density at radius 3 is 2.45 bits per heavy atom.